The molecule has 0 aliphatic rings. The largest absolute Gasteiger partial charge is 0.484 e. The number of imidazole rings is 1. The standard InChI is InChI=1S/C18H28N4O4Si/c1-18(2,3)27(5,6)26-11-13-7-8-16(15(19)9-13)25-12-14-10-20-17(21(14)4)22(23)24/h7-10H,11-12,19H2,1-6H3. The molecule has 1 aromatic heterocycles. The molecule has 8 nitrogen and oxygen atoms in total. The molecular formula is C18H28N4O4Si. The van der Waals surface area contributed by atoms with Crippen LogP contribution in [0.2, 0.25) is 18.1 Å². The van der Waals surface area contributed by atoms with Crippen molar-refractivity contribution in [2.75, 3.05) is 5.73 Å². The lowest BCUT2D eigenvalue weighted by molar-refractivity contribution is -0.396. The molecule has 0 saturated heterocycles. The molecule has 0 amide bonds. The lowest BCUT2D eigenvalue weighted by Gasteiger charge is -2.36. The molecule has 0 atom stereocenters. The van der Waals surface area contributed by atoms with Crippen molar-refractivity contribution < 1.29 is 14.1 Å². The summed E-state index contributed by atoms with van der Waals surface area (Å²) in [6.45, 7) is 11.7. The second-order valence-corrected chi connectivity index (χ2v) is 12.9. The van der Waals surface area contributed by atoms with Gasteiger partial charge in [-0.15, -0.1) is 0 Å². The van der Waals surface area contributed by atoms with Gasteiger partial charge in [-0.3, -0.25) is 0 Å². The van der Waals surface area contributed by atoms with E-state index in [1.807, 2.05) is 12.1 Å². The van der Waals surface area contributed by atoms with Crippen molar-refractivity contribution in [3.05, 3.63) is 45.8 Å². The van der Waals surface area contributed by atoms with Crippen molar-refractivity contribution >= 4 is 20.0 Å². The average Bonchev–Trinajstić information content (AvgIpc) is 2.92. The van der Waals surface area contributed by atoms with E-state index in [4.69, 9.17) is 14.9 Å². The fourth-order valence-electron chi connectivity index (χ4n) is 2.19. The van der Waals surface area contributed by atoms with Crippen molar-refractivity contribution in [3.8, 4) is 5.75 Å². The lowest BCUT2D eigenvalue weighted by atomic mass is 10.2. The van der Waals surface area contributed by atoms with Crippen LogP contribution in [0.25, 0.3) is 0 Å². The summed E-state index contributed by atoms with van der Waals surface area (Å²) in [6, 6.07) is 5.56. The molecule has 2 N–H and O–H groups in total. The van der Waals surface area contributed by atoms with E-state index in [-0.39, 0.29) is 17.6 Å². The Kier molecular flexibility index (Phi) is 5.96. The maximum atomic E-state index is 10.8. The second-order valence-electron chi connectivity index (χ2n) is 8.08. The van der Waals surface area contributed by atoms with Gasteiger partial charge >= 0.3 is 5.95 Å². The van der Waals surface area contributed by atoms with Crippen LogP contribution in [0.15, 0.2) is 24.4 Å². The van der Waals surface area contributed by atoms with Crippen LogP contribution in [0, 0.1) is 10.1 Å². The monoisotopic (exact) mass is 392 g/mol. The van der Waals surface area contributed by atoms with E-state index in [0.717, 1.165) is 5.56 Å². The highest BCUT2D eigenvalue weighted by Crippen LogP contribution is 2.37. The van der Waals surface area contributed by atoms with Crippen molar-refractivity contribution in [2.45, 2.75) is 52.1 Å². The Morgan fingerprint density at radius 3 is 2.48 bits per heavy atom. The molecule has 0 fully saturated rings. The van der Waals surface area contributed by atoms with Gasteiger partial charge in [0.2, 0.25) is 0 Å². The average molecular weight is 393 g/mol. The molecule has 1 heterocycles. The smallest absolute Gasteiger partial charge is 0.434 e. The Morgan fingerprint density at radius 1 is 1.30 bits per heavy atom. The van der Waals surface area contributed by atoms with Crippen LogP contribution in [0.5, 0.6) is 5.75 Å². The molecule has 0 radical (unpaired) electrons. The molecule has 0 saturated carbocycles. The third kappa shape index (κ3) is 4.86. The van der Waals surface area contributed by atoms with Crippen LogP contribution in [-0.2, 0) is 24.7 Å². The topological polar surface area (TPSA) is 105 Å². The van der Waals surface area contributed by atoms with Crippen LogP contribution in [-0.4, -0.2) is 22.8 Å². The Labute approximate surface area is 160 Å². The third-order valence-electron chi connectivity index (χ3n) is 5.08. The third-order valence-corrected chi connectivity index (χ3v) is 9.56. The van der Waals surface area contributed by atoms with Gasteiger partial charge < -0.3 is 25.0 Å². The van der Waals surface area contributed by atoms with Crippen molar-refractivity contribution in [1.29, 1.82) is 0 Å². The summed E-state index contributed by atoms with van der Waals surface area (Å²) >= 11 is 0. The fourth-order valence-corrected chi connectivity index (χ4v) is 3.15. The normalized spacial score (nSPS) is 12.2. The van der Waals surface area contributed by atoms with Crippen molar-refractivity contribution in [1.82, 2.24) is 9.55 Å². The molecular weight excluding hydrogens is 364 g/mol. The highest BCUT2D eigenvalue weighted by molar-refractivity contribution is 6.74. The first kappa shape index (κ1) is 20.9. The minimum absolute atomic E-state index is 0.140. The summed E-state index contributed by atoms with van der Waals surface area (Å²) in [5.41, 5.74) is 8.18. The van der Waals surface area contributed by atoms with E-state index in [1.54, 1.807) is 13.1 Å². The van der Waals surface area contributed by atoms with Gasteiger partial charge in [0.25, 0.3) is 0 Å². The van der Waals surface area contributed by atoms with Crippen LogP contribution >= 0.6 is 0 Å². The number of hydrogen-bond acceptors (Lipinski definition) is 6. The molecule has 0 spiro atoms. The van der Waals surface area contributed by atoms with Gasteiger partial charge in [0.15, 0.2) is 14.0 Å². The van der Waals surface area contributed by atoms with E-state index >= 15 is 0 Å². The molecule has 2 aromatic rings. The number of nitro groups is 1. The zero-order valence-corrected chi connectivity index (χ0v) is 17.8. The zero-order valence-electron chi connectivity index (χ0n) is 16.8. The molecule has 0 unspecified atom stereocenters. The molecule has 9 heteroatoms. The lowest BCUT2D eigenvalue weighted by Crippen LogP contribution is -2.40. The Bertz CT molecular complexity index is 827. The molecule has 27 heavy (non-hydrogen) atoms. The highest BCUT2D eigenvalue weighted by Gasteiger charge is 2.37. The molecule has 148 valence electrons. The first-order valence-electron chi connectivity index (χ1n) is 8.72. The van der Waals surface area contributed by atoms with E-state index < -0.39 is 13.2 Å². The van der Waals surface area contributed by atoms with Crippen molar-refractivity contribution in [3.63, 3.8) is 0 Å². The summed E-state index contributed by atoms with van der Waals surface area (Å²) in [5, 5.41) is 11.0. The van der Waals surface area contributed by atoms with Crippen LogP contribution in [0.3, 0.4) is 0 Å². The Hall–Kier alpha value is -2.39. The maximum absolute atomic E-state index is 10.8. The number of nitrogen functional groups attached to an aromatic ring is 1. The minimum Gasteiger partial charge on any atom is -0.484 e. The molecule has 0 aliphatic carbocycles. The first-order chi connectivity index (χ1) is 12.4. The first-order valence-corrected chi connectivity index (χ1v) is 11.6. The molecule has 2 rings (SSSR count). The van der Waals surface area contributed by atoms with Gasteiger partial charge in [0.1, 0.15) is 18.6 Å². The van der Waals surface area contributed by atoms with Gasteiger partial charge in [0, 0.05) is 0 Å². The summed E-state index contributed by atoms with van der Waals surface area (Å²) in [5.74, 6) is 0.301. The number of nitrogens with two attached hydrogens (primary N) is 1. The van der Waals surface area contributed by atoms with Gasteiger partial charge in [0.05, 0.1) is 19.3 Å². The highest BCUT2D eigenvalue weighted by atomic mass is 28.4. The molecule has 0 aliphatic heterocycles. The Balaban J connectivity index is 2.02. The van der Waals surface area contributed by atoms with Crippen molar-refractivity contribution in [2.24, 2.45) is 7.05 Å². The molecule has 1 aromatic carbocycles. The molecule has 0 bridgehead atoms. The SMILES string of the molecule is Cn1c(COc2ccc(CO[Si](C)(C)C(C)(C)C)cc2N)cnc1[N+](=O)[O-]. The predicted octanol–water partition coefficient (Wildman–Crippen LogP) is 4.01. The zero-order chi connectivity index (χ0) is 20.4. The number of rotatable bonds is 7. The summed E-state index contributed by atoms with van der Waals surface area (Å²) in [4.78, 5) is 14.1. The number of benzene rings is 1. The van der Waals surface area contributed by atoms with E-state index in [9.17, 15) is 10.1 Å². The van der Waals surface area contributed by atoms with Gasteiger partial charge in [-0.1, -0.05) is 31.8 Å². The number of ether oxygens (including phenoxy) is 1. The van der Waals surface area contributed by atoms with Gasteiger partial charge in [-0.2, -0.15) is 0 Å². The van der Waals surface area contributed by atoms with Crippen LogP contribution < -0.4 is 10.5 Å². The maximum Gasteiger partial charge on any atom is 0.434 e. The summed E-state index contributed by atoms with van der Waals surface area (Å²) in [7, 11) is -0.250. The van der Waals surface area contributed by atoms with Crippen LogP contribution in [0.4, 0.5) is 11.6 Å². The van der Waals surface area contributed by atoms with E-state index in [0.29, 0.717) is 23.7 Å². The minimum atomic E-state index is -1.83. The fraction of sp³-hybridized carbons (Fsp3) is 0.500. The summed E-state index contributed by atoms with van der Waals surface area (Å²) in [6.07, 6.45) is 1.43. The van der Waals surface area contributed by atoms with Gasteiger partial charge in [-0.05, 0) is 40.8 Å². The quantitative estimate of drug-likeness (QED) is 0.330. The number of hydrogen-bond donors (Lipinski definition) is 1. The van der Waals surface area contributed by atoms with Crippen LogP contribution in [0.1, 0.15) is 32.0 Å². The van der Waals surface area contributed by atoms with E-state index in [2.05, 4.69) is 38.8 Å². The predicted molar refractivity (Wildman–Crippen MR) is 107 cm³/mol. The van der Waals surface area contributed by atoms with Gasteiger partial charge in [-0.25, -0.2) is 4.57 Å². The number of anilines is 1. The number of nitrogens with zero attached hydrogens (tertiary/aromatic N) is 3. The second kappa shape index (κ2) is 7.69. The Morgan fingerprint density at radius 2 is 1.96 bits per heavy atom. The number of aromatic nitrogens is 2. The van der Waals surface area contributed by atoms with E-state index in [1.165, 1.54) is 10.8 Å². The summed E-state index contributed by atoms with van der Waals surface area (Å²) < 4.78 is 13.3.